The van der Waals surface area contributed by atoms with Crippen LogP contribution in [0.3, 0.4) is 0 Å². The van der Waals surface area contributed by atoms with Crippen molar-refractivity contribution in [2.24, 2.45) is 0 Å². The van der Waals surface area contributed by atoms with Crippen molar-refractivity contribution in [3.8, 4) is 0 Å². The molecule has 0 spiro atoms. The number of hydrogen-bond acceptors (Lipinski definition) is 3. The first kappa shape index (κ1) is 21.0. The summed E-state index contributed by atoms with van der Waals surface area (Å²) >= 11 is 0. The molecule has 1 aliphatic carbocycles. The molecule has 1 unspecified atom stereocenters. The number of aliphatic carboxylic acids is 1. The maximum absolute atomic E-state index is 12.7. The third-order valence-electron chi connectivity index (χ3n) is 7.13. The first-order valence-corrected chi connectivity index (χ1v) is 11.9. The van der Waals surface area contributed by atoms with Crippen molar-refractivity contribution in [2.75, 3.05) is 25.0 Å². The van der Waals surface area contributed by atoms with E-state index in [9.17, 15) is 14.7 Å². The molecule has 1 fully saturated rings. The number of anilines is 1. The summed E-state index contributed by atoms with van der Waals surface area (Å²) in [5, 5.41) is 12.2. The highest BCUT2D eigenvalue weighted by Crippen LogP contribution is 2.37. The Kier molecular flexibility index (Phi) is 5.87. The largest absolute Gasteiger partial charge is 0.481 e. The van der Waals surface area contributed by atoms with Gasteiger partial charge in [-0.25, -0.2) is 0 Å². The number of aromatic amines is 1. The smallest absolute Gasteiger partial charge is 0.303 e. The van der Waals surface area contributed by atoms with Gasteiger partial charge in [-0.05, 0) is 92.9 Å². The normalized spacial score (nSPS) is 21.9. The number of carbonyl (C=O) groups is 2. The van der Waals surface area contributed by atoms with Crippen LogP contribution < -0.4 is 5.32 Å². The second kappa shape index (κ2) is 8.94. The third kappa shape index (κ3) is 4.37. The fourth-order valence-electron chi connectivity index (χ4n) is 5.45. The molecule has 1 amide bonds. The van der Waals surface area contributed by atoms with Crippen LogP contribution in [0.4, 0.5) is 5.69 Å². The highest BCUT2D eigenvalue weighted by Gasteiger charge is 2.27. The molecule has 6 nitrogen and oxygen atoms in total. The fourth-order valence-corrected chi connectivity index (χ4v) is 5.45. The second-order valence-corrected chi connectivity index (χ2v) is 9.39. The highest BCUT2D eigenvalue weighted by molar-refractivity contribution is 6.34. The average molecular weight is 434 g/mol. The van der Waals surface area contributed by atoms with E-state index in [-0.39, 0.29) is 18.2 Å². The predicted molar refractivity (Wildman–Crippen MR) is 126 cm³/mol. The molecular weight excluding hydrogens is 402 g/mol. The van der Waals surface area contributed by atoms with Gasteiger partial charge in [0.15, 0.2) is 0 Å². The first-order chi connectivity index (χ1) is 15.6. The number of amides is 1. The van der Waals surface area contributed by atoms with Gasteiger partial charge < -0.3 is 20.3 Å². The number of hydrogen-bond donors (Lipinski definition) is 3. The van der Waals surface area contributed by atoms with Crippen LogP contribution in [0, 0.1) is 0 Å². The SMILES string of the molecule is O=C(O)CC1CCCc2[nH]c(C=C3C(=O)Nc4ccc(CCN5CCCCC5)cc43)cc21. The van der Waals surface area contributed by atoms with E-state index in [1.54, 1.807) is 0 Å². The minimum atomic E-state index is -0.759. The molecule has 0 bridgehead atoms. The summed E-state index contributed by atoms with van der Waals surface area (Å²) in [7, 11) is 0. The first-order valence-electron chi connectivity index (χ1n) is 11.9. The number of nitrogens with zero attached hydrogens (tertiary/aromatic N) is 1. The monoisotopic (exact) mass is 433 g/mol. The van der Waals surface area contributed by atoms with Gasteiger partial charge in [0.2, 0.25) is 0 Å². The predicted octanol–water partition coefficient (Wildman–Crippen LogP) is 4.43. The Balaban J connectivity index is 1.38. The number of H-pyrrole nitrogens is 1. The number of aryl methyl sites for hydroxylation is 1. The van der Waals surface area contributed by atoms with Gasteiger partial charge >= 0.3 is 5.97 Å². The maximum Gasteiger partial charge on any atom is 0.303 e. The maximum atomic E-state index is 12.7. The lowest BCUT2D eigenvalue weighted by atomic mass is 9.85. The van der Waals surface area contributed by atoms with Crippen LogP contribution in [0.15, 0.2) is 24.3 Å². The summed E-state index contributed by atoms with van der Waals surface area (Å²) in [6.07, 6.45) is 9.82. The van der Waals surface area contributed by atoms with Gasteiger partial charge in [0.1, 0.15) is 0 Å². The zero-order valence-corrected chi connectivity index (χ0v) is 18.5. The summed E-state index contributed by atoms with van der Waals surface area (Å²) in [5.74, 6) is -0.793. The van der Waals surface area contributed by atoms with E-state index in [0.717, 1.165) is 60.4 Å². The number of piperidine rings is 1. The summed E-state index contributed by atoms with van der Waals surface area (Å²) in [5.41, 5.74) is 6.84. The molecule has 1 atom stereocenters. The fraction of sp³-hybridized carbons (Fsp3) is 0.462. The molecule has 3 aliphatic rings. The van der Waals surface area contributed by atoms with Gasteiger partial charge in [-0.2, -0.15) is 0 Å². The van der Waals surface area contributed by atoms with Crippen molar-refractivity contribution in [3.63, 3.8) is 0 Å². The summed E-state index contributed by atoms with van der Waals surface area (Å²) in [6, 6.07) is 8.33. The van der Waals surface area contributed by atoms with E-state index < -0.39 is 5.97 Å². The molecule has 168 valence electrons. The van der Waals surface area contributed by atoms with E-state index in [0.29, 0.717) is 5.57 Å². The van der Waals surface area contributed by atoms with E-state index in [4.69, 9.17) is 0 Å². The summed E-state index contributed by atoms with van der Waals surface area (Å²) < 4.78 is 0. The molecule has 2 aromatic rings. The topological polar surface area (TPSA) is 85.4 Å². The van der Waals surface area contributed by atoms with Crippen molar-refractivity contribution in [1.82, 2.24) is 9.88 Å². The Labute approximate surface area is 188 Å². The molecule has 1 aromatic carbocycles. The number of rotatable bonds is 6. The Morgan fingerprint density at radius 3 is 2.81 bits per heavy atom. The zero-order chi connectivity index (χ0) is 22.1. The Morgan fingerprint density at radius 1 is 1.16 bits per heavy atom. The van der Waals surface area contributed by atoms with Crippen molar-refractivity contribution in [3.05, 3.63) is 52.3 Å². The Hall–Kier alpha value is -2.86. The molecule has 3 heterocycles. The molecule has 1 saturated heterocycles. The van der Waals surface area contributed by atoms with Crippen molar-refractivity contribution >= 4 is 29.2 Å². The molecule has 0 radical (unpaired) electrons. The number of carbonyl (C=O) groups excluding carboxylic acids is 1. The van der Waals surface area contributed by atoms with E-state index >= 15 is 0 Å². The standard InChI is InChI=1S/C26H31N3O3/c30-25(31)14-18-5-4-6-23-20(18)15-19(27-23)16-22-21-13-17(7-8-24(21)28-26(22)32)9-12-29-10-2-1-3-11-29/h7-8,13,15-16,18,27H,1-6,9-12,14H2,(H,28,32)(H,30,31). The molecule has 1 aromatic heterocycles. The van der Waals surface area contributed by atoms with Gasteiger partial charge in [-0.3, -0.25) is 9.59 Å². The number of benzene rings is 1. The van der Waals surface area contributed by atoms with Crippen LogP contribution in [0.1, 0.15) is 72.5 Å². The van der Waals surface area contributed by atoms with Crippen LogP contribution in [0.25, 0.3) is 11.6 Å². The van der Waals surface area contributed by atoms with Gasteiger partial charge in [0.25, 0.3) is 5.91 Å². The zero-order valence-electron chi connectivity index (χ0n) is 18.5. The van der Waals surface area contributed by atoms with Crippen LogP contribution in [0.2, 0.25) is 0 Å². The van der Waals surface area contributed by atoms with E-state index in [1.165, 1.54) is 37.9 Å². The molecule has 2 aliphatic heterocycles. The quantitative estimate of drug-likeness (QED) is 0.589. The third-order valence-corrected chi connectivity index (χ3v) is 7.13. The second-order valence-electron chi connectivity index (χ2n) is 9.39. The van der Waals surface area contributed by atoms with Gasteiger partial charge in [0.05, 0.1) is 12.0 Å². The Bertz CT molecular complexity index is 1060. The highest BCUT2D eigenvalue weighted by atomic mass is 16.4. The van der Waals surface area contributed by atoms with E-state index in [2.05, 4.69) is 27.3 Å². The van der Waals surface area contributed by atoms with Crippen molar-refractivity contribution in [1.29, 1.82) is 0 Å². The minimum absolute atomic E-state index is 0.0470. The lowest BCUT2D eigenvalue weighted by Gasteiger charge is -2.26. The number of fused-ring (bicyclic) bond motifs is 2. The molecule has 6 heteroatoms. The molecule has 32 heavy (non-hydrogen) atoms. The average Bonchev–Trinajstić information content (AvgIpc) is 3.34. The number of carboxylic acid groups (broad SMARTS) is 1. The number of carboxylic acids is 1. The Morgan fingerprint density at radius 2 is 2.00 bits per heavy atom. The van der Waals surface area contributed by atoms with Crippen molar-refractivity contribution in [2.45, 2.75) is 57.3 Å². The van der Waals surface area contributed by atoms with Crippen LogP contribution >= 0.6 is 0 Å². The van der Waals surface area contributed by atoms with Crippen LogP contribution in [-0.4, -0.2) is 46.5 Å². The molecule has 5 rings (SSSR count). The summed E-state index contributed by atoms with van der Waals surface area (Å²) in [4.78, 5) is 30.0. The number of aromatic nitrogens is 1. The summed E-state index contributed by atoms with van der Waals surface area (Å²) in [6.45, 7) is 3.44. The lowest BCUT2D eigenvalue weighted by Crippen LogP contribution is -2.31. The van der Waals surface area contributed by atoms with E-state index in [1.807, 2.05) is 18.2 Å². The van der Waals surface area contributed by atoms with Crippen molar-refractivity contribution < 1.29 is 14.7 Å². The lowest BCUT2D eigenvalue weighted by molar-refractivity contribution is -0.137. The number of nitrogens with one attached hydrogen (secondary N) is 2. The molecule has 0 saturated carbocycles. The van der Waals surface area contributed by atoms with Gasteiger partial charge in [-0.1, -0.05) is 12.5 Å². The van der Waals surface area contributed by atoms with Crippen LogP contribution in [-0.2, 0) is 22.4 Å². The number of likely N-dealkylation sites (tertiary alicyclic amines) is 1. The van der Waals surface area contributed by atoms with Gasteiger partial charge in [-0.15, -0.1) is 0 Å². The van der Waals surface area contributed by atoms with Gasteiger partial charge in [0, 0.05) is 29.2 Å². The molecule has 3 N–H and O–H groups in total. The van der Waals surface area contributed by atoms with Crippen LogP contribution in [0.5, 0.6) is 0 Å². The molecular formula is C26H31N3O3. The minimum Gasteiger partial charge on any atom is -0.481 e.